The number of carbonyl (C=O) groups is 1. The van der Waals surface area contributed by atoms with Gasteiger partial charge in [0.05, 0.1) is 12.8 Å². The van der Waals surface area contributed by atoms with E-state index in [9.17, 15) is 4.79 Å². The van der Waals surface area contributed by atoms with Crippen LogP contribution in [0.2, 0.25) is 5.02 Å². The molecule has 0 saturated heterocycles. The number of carboxylic acids is 1. The predicted molar refractivity (Wildman–Crippen MR) is 58.9 cm³/mol. The summed E-state index contributed by atoms with van der Waals surface area (Å²) in [7, 11) is 1.53. The van der Waals surface area contributed by atoms with E-state index in [1.807, 2.05) is 6.92 Å². The highest BCUT2D eigenvalue weighted by Gasteiger charge is 2.08. The van der Waals surface area contributed by atoms with Crippen molar-refractivity contribution in [3.63, 3.8) is 0 Å². The lowest BCUT2D eigenvalue weighted by Gasteiger charge is -2.12. The van der Waals surface area contributed by atoms with Gasteiger partial charge in [-0.15, -0.1) is 0 Å². The highest BCUT2D eigenvalue weighted by molar-refractivity contribution is 6.31. The van der Waals surface area contributed by atoms with Crippen LogP contribution in [0, 0.1) is 6.92 Å². The fourth-order valence-corrected chi connectivity index (χ4v) is 1.58. The average molecular weight is 230 g/mol. The van der Waals surface area contributed by atoms with Crippen LogP contribution in [0.4, 0.5) is 5.69 Å². The van der Waals surface area contributed by atoms with Gasteiger partial charge in [0.15, 0.2) is 0 Å². The summed E-state index contributed by atoms with van der Waals surface area (Å²) in [6, 6.07) is 3.39. The van der Waals surface area contributed by atoms with Gasteiger partial charge in [-0.25, -0.2) is 0 Å². The molecule has 5 heteroatoms. The molecule has 4 nitrogen and oxygen atoms in total. The third-order valence-corrected chi connectivity index (χ3v) is 2.09. The summed E-state index contributed by atoms with van der Waals surface area (Å²) >= 11 is 5.85. The number of halogens is 1. The van der Waals surface area contributed by atoms with Crippen molar-refractivity contribution in [2.75, 3.05) is 19.0 Å². The average Bonchev–Trinajstić information content (AvgIpc) is 2.13. The van der Waals surface area contributed by atoms with Gasteiger partial charge in [-0.05, 0) is 24.6 Å². The van der Waals surface area contributed by atoms with E-state index >= 15 is 0 Å². The monoisotopic (exact) mass is 229 g/mol. The maximum atomic E-state index is 10.4. The van der Waals surface area contributed by atoms with Crippen molar-refractivity contribution in [2.45, 2.75) is 6.92 Å². The Labute approximate surface area is 92.8 Å². The third kappa shape index (κ3) is 3.02. The molecule has 2 N–H and O–H groups in total. The van der Waals surface area contributed by atoms with Gasteiger partial charge in [0.1, 0.15) is 12.3 Å². The van der Waals surface area contributed by atoms with Crippen LogP contribution in [0.25, 0.3) is 0 Å². The number of aliphatic carboxylic acids is 1. The standard InChI is InChI=1S/C10H12ClNO3/c1-6-3-7(11)4-8(10(6)15-2)12-5-9(13)14/h3-4,12H,5H2,1-2H3,(H,13,14). The zero-order valence-corrected chi connectivity index (χ0v) is 9.26. The van der Waals surface area contributed by atoms with Crippen molar-refractivity contribution in [2.24, 2.45) is 0 Å². The Balaban J connectivity index is 2.98. The van der Waals surface area contributed by atoms with Crippen LogP contribution in [0.1, 0.15) is 5.56 Å². The van der Waals surface area contributed by atoms with Crippen LogP contribution in [0.15, 0.2) is 12.1 Å². The molecule has 0 amide bonds. The number of rotatable bonds is 4. The number of hydrogen-bond donors (Lipinski definition) is 2. The number of benzene rings is 1. The van der Waals surface area contributed by atoms with Gasteiger partial charge in [-0.1, -0.05) is 11.6 Å². The van der Waals surface area contributed by atoms with E-state index in [1.165, 1.54) is 7.11 Å². The Bertz CT molecular complexity index is 379. The maximum Gasteiger partial charge on any atom is 0.322 e. The van der Waals surface area contributed by atoms with Gasteiger partial charge in [0.25, 0.3) is 0 Å². The Morgan fingerprint density at radius 1 is 1.60 bits per heavy atom. The lowest BCUT2D eigenvalue weighted by molar-refractivity contribution is -0.134. The van der Waals surface area contributed by atoms with Gasteiger partial charge in [-0.2, -0.15) is 0 Å². The first-order valence-electron chi connectivity index (χ1n) is 4.34. The highest BCUT2D eigenvalue weighted by atomic mass is 35.5. The second-order valence-electron chi connectivity index (χ2n) is 3.05. The van der Waals surface area contributed by atoms with Crippen molar-refractivity contribution >= 4 is 23.3 Å². The molecule has 0 spiro atoms. The normalized spacial score (nSPS) is 9.80. The minimum absolute atomic E-state index is 0.170. The lowest BCUT2D eigenvalue weighted by atomic mass is 10.2. The summed E-state index contributed by atoms with van der Waals surface area (Å²) in [6.45, 7) is 1.67. The fourth-order valence-electron chi connectivity index (χ4n) is 1.30. The number of ether oxygens (including phenoxy) is 1. The Hall–Kier alpha value is -1.42. The molecule has 0 aliphatic carbocycles. The molecular weight excluding hydrogens is 218 g/mol. The molecule has 0 bridgehead atoms. The first-order valence-corrected chi connectivity index (χ1v) is 4.72. The number of anilines is 1. The lowest BCUT2D eigenvalue weighted by Crippen LogP contribution is -2.13. The Kier molecular flexibility index (Phi) is 3.80. The smallest absolute Gasteiger partial charge is 0.322 e. The highest BCUT2D eigenvalue weighted by Crippen LogP contribution is 2.31. The van der Waals surface area contributed by atoms with Crippen LogP contribution in [-0.4, -0.2) is 24.7 Å². The summed E-state index contributed by atoms with van der Waals surface area (Å²) in [5.74, 6) is -0.324. The first kappa shape index (κ1) is 11.7. The molecule has 0 aliphatic rings. The van der Waals surface area contributed by atoms with E-state index in [-0.39, 0.29) is 6.54 Å². The van der Waals surface area contributed by atoms with Gasteiger partial charge in [0, 0.05) is 5.02 Å². The Morgan fingerprint density at radius 3 is 2.80 bits per heavy atom. The molecule has 0 radical (unpaired) electrons. The molecule has 0 saturated carbocycles. The number of carboxylic acid groups (broad SMARTS) is 1. The molecule has 0 heterocycles. The molecule has 1 aromatic carbocycles. The van der Waals surface area contributed by atoms with Crippen molar-refractivity contribution in [3.05, 3.63) is 22.7 Å². The number of nitrogens with one attached hydrogen (secondary N) is 1. The quantitative estimate of drug-likeness (QED) is 0.831. The van der Waals surface area contributed by atoms with Crippen LogP contribution in [-0.2, 0) is 4.79 Å². The van der Waals surface area contributed by atoms with Crippen LogP contribution in [0.3, 0.4) is 0 Å². The van der Waals surface area contributed by atoms with Crippen LogP contribution in [0.5, 0.6) is 5.75 Å². The summed E-state index contributed by atoms with van der Waals surface area (Å²) < 4.78 is 5.15. The topological polar surface area (TPSA) is 58.6 Å². The van der Waals surface area contributed by atoms with Gasteiger partial charge in [0.2, 0.25) is 0 Å². The van der Waals surface area contributed by atoms with Gasteiger partial charge >= 0.3 is 5.97 Å². The second-order valence-corrected chi connectivity index (χ2v) is 3.49. The summed E-state index contributed by atoms with van der Waals surface area (Å²) in [4.78, 5) is 10.4. The van der Waals surface area contributed by atoms with E-state index in [2.05, 4.69) is 5.32 Å². The maximum absolute atomic E-state index is 10.4. The minimum atomic E-state index is -0.935. The fraction of sp³-hybridized carbons (Fsp3) is 0.300. The van der Waals surface area contributed by atoms with E-state index < -0.39 is 5.97 Å². The number of aryl methyl sites for hydroxylation is 1. The number of hydrogen-bond acceptors (Lipinski definition) is 3. The van der Waals surface area contributed by atoms with Crippen molar-refractivity contribution < 1.29 is 14.6 Å². The molecular formula is C10H12ClNO3. The van der Waals surface area contributed by atoms with Crippen molar-refractivity contribution in [1.82, 2.24) is 0 Å². The second kappa shape index (κ2) is 4.89. The Morgan fingerprint density at radius 2 is 2.27 bits per heavy atom. The predicted octanol–water partition coefficient (Wildman–Crippen LogP) is 2.15. The van der Waals surface area contributed by atoms with Crippen molar-refractivity contribution in [1.29, 1.82) is 0 Å². The molecule has 0 aromatic heterocycles. The third-order valence-electron chi connectivity index (χ3n) is 1.87. The number of methoxy groups -OCH3 is 1. The molecule has 82 valence electrons. The van der Waals surface area contributed by atoms with E-state index in [1.54, 1.807) is 12.1 Å². The van der Waals surface area contributed by atoms with E-state index in [0.29, 0.717) is 16.5 Å². The molecule has 0 aliphatic heterocycles. The molecule has 1 rings (SSSR count). The van der Waals surface area contributed by atoms with E-state index in [0.717, 1.165) is 5.56 Å². The van der Waals surface area contributed by atoms with Gasteiger partial charge < -0.3 is 15.2 Å². The van der Waals surface area contributed by atoms with Gasteiger partial charge in [-0.3, -0.25) is 4.79 Å². The van der Waals surface area contributed by atoms with E-state index in [4.69, 9.17) is 21.4 Å². The molecule has 15 heavy (non-hydrogen) atoms. The first-order chi connectivity index (χ1) is 7.04. The summed E-state index contributed by atoms with van der Waals surface area (Å²) in [6.07, 6.45) is 0. The zero-order valence-electron chi connectivity index (χ0n) is 8.50. The zero-order chi connectivity index (χ0) is 11.4. The SMILES string of the molecule is COc1c(C)cc(Cl)cc1NCC(=O)O. The van der Waals surface area contributed by atoms with Crippen LogP contribution < -0.4 is 10.1 Å². The largest absolute Gasteiger partial charge is 0.494 e. The molecule has 0 unspecified atom stereocenters. The molecule has 0 fully saturated rings. The van der Waals surface area contributed by atoms with Crippen LogP contribution >= 0.6 is 11.6 Å². The summed E-state index contributed by atoms with van der Waals surface area (Å²) in [5, 5.41) is 11.8. The molecule has 0 atom stereocenters. The van der Waals surface area contributed by atoms with Crippen molar-refractivity contribution in [3.8, 4) is 5.75 Å². The minimum Gasteiger partial charge on any atom is -0.494 e. The molecule has 1 aromatic rings. The summed E-state index contributed by atoms with van der Waals surface area (Å²) in [5.41, 5.74) is 1.45.